The molecule has 1 unspecified atom stereocenters. The number of hydrogen-bond acceptors (Lipinski definition) is 3. The monoisotopic (exact) mass is 261 g/mol. The summed E-state index contributed by atoms with van der Waals surface area (Å²) in [6.45, 7) is 4.74. The molecular weight excluding hydrogens is 238 g/mol. The Morgan fingerprint density at radius 3 is 2.84 bits per heavy atom. The van der Waals surface area contributed by atoms with Crippen molar-refractivity contribution in [3.8, 4) is 5.75 Å². The van der Waals surface area contributed by atoms with Gasteiger partial charge in [0.1, 0.15) is 5.75 Å². The SMILES string of the molecule is CCCC1CCCCN1c1ccc(C(C)=O)c(O)c1. The lowest BCUT2D eigenvalue weighted by molar-refractivity contribution is 0.101. The van der Waals surface area contributed by atoms with Crippen molar-refractivity contribution < 1.29 is 9.90 Å². The fourth-order valence-corrected chi connectivity index (χ4v) is 2.97. The molecule has 1 aromatic carbocycles. The topological polar surface area (TPSA) is 40.5 Å². The summed E-state index contributed by atoms with van der Waals surface area (Å²) in [7, 11) is 0. The van der Waals surface area contributed by atoms with E-state index >= 15 is 0 Å². The number of phenols is 1. The standard InChI is InChI=1S/C16H23NO2/c1-3-6-13-7-4-5-10-17(13)14-8-9-15(12(2)18)16(19)11-14/h8-9,11,13,19H,3-7,10H2,1-2H3. The normalized spacial score (nSPS) is 19.5. The third-order valence-electron chi connectivity index (χ3n) is 3.94. The number of carbonyl (C=O) groups is 1. The molecular formula is C16H23NO2. The molecule has 19 heavy (non-hydrogen) atoms. The van der Waals surface area contributed by atoms with Gasteiger partial charge in [-0.25, -0.2) is 0 Å². The average molecular weight is 261 g/mol. The summed E-state index contributed by atoms with van der Waals surface area (Å²) >= 11 is 0. The molecule has 0 spiro atoms. The minimum atomic E-state index is -0.0900. The van der Waals surface area contributed by atoms with Gasteiger partial charge in [-0.2, -0.15) is 0 Å². The summed E-state index contributed by atoms with van der Waals surface area (Å²) < 4.78 is 0. The first-order chi connectivity index (χ1) is 9.13. The van der Waals surface area contributed by atoms with Crippen LogP contribution in [0.4, 0.5) is 5.69 Å². The molecule has 1 saturated heterocycles. The van der Waals surface area contributed by atoms with Crippen molar-refractivity contribution in [3.05, 3.63) is 23.8 Å². The average Bonchev–Trinajstić information content (AvgIpc) is 2.39. The van der Waals surface area contributed by atoms with Crippen molar-refractivity contribution in [3.63, 3.8) is 0 Å². The van der Waals surface area contributed by atoms with E-state index in [4.69, 9.17) is 0 Å². The highest BCUT2D eigenvalue weighted by atomic mass is 16.3. The van der Waals surface area contributed by atoms with E-state index in [-0.39, 0.29) is 11.5 Å². The molecule has 3 heteroatoms. The van der Waals surface area contributed by atoms with Crippen LogP contribution in [0.3, 0.4) is 0 Å². The van der Waals surface area contributed by atoms with E-state index in [1.54, 1.807) is 12.1 Å². The van der Waals surface area contributed by atoms with E-state index in [2.05, 4.69) is 11.8 Å². The number of piperidine rings is 1. The first-order valence-corrected chi connectivity index (χ1v) is 7.24. The highest BCUT2D eigenvalue weighted by molar-refractivity contribution is 5.97. The number of phenolic OH excluding ortho intramolecular Hbond substituents is 1. The Balaban J connectivity index is 2.24. The number of Topliss-reactive ketones (excluding diaryl/α,β-unsaturated/α-hetero) is 1. The molecule has 1 fully saturated rings. The van der Waals surface area contributed by atoms with Crippen LogP contribution in [0.25, 0.3) is 0 Å². The lowest BCUT2D eigenvalue weighted by Gasteiger charge is -2.37. The third kappa shape index (κ3) is 3.09. The Hall–Kier alpha value is -1.51. The maximum absolute atomic E-state index is 11.3. The minimum Gasteiger partial charge on any atom is -0.507 e. The Morgan fingerprint density at radius 1 is 1.42 bits per heavy atom. The van der Waals surface area contributed by atoms with Gasteiger partial charge in [0.05, 0.1) is 5.56 Å². The maximum Gasteiger partial charge on any atom is 0.163 e. The van der Waals surface area contributed by atoms with Gasteiger partial charge in [-0.3, -0.25) is 4.79 Å². The van der Waals surface area contributed by atoms with Gasteiger partial charge >= 0.3 is 0 Å². The second-order valence-corrected chi connectivity index (χ2v) is 5.39. The summed E-state index contributed by atoms with van der Waals surface area (Å²) in [4.78, 5) is 13.7. The van der Waals surface area contributed by atoms with Crippen LogP contribution >= 0.6 is 0 Å². The highest BCUT2D eigenvalue weighted by Crippen LogP contribution is 2.31. The molecule has 0 aliphatic carbocycles. The van der Waals surface area contributed by atoms with E-state index in [0.29, 0.717) is 11.6 Å². The predicted octanol–water partition coefficient (Wildman–Crippen LogP) is 3.75. The van der Waals surface area contributed by atoms with Crippen molar-refractivity contribution in [2.45, 2.75) is 52.0 Å². The molecule has 1 N–H and O–H groups in total. The zero-order valence-corrected chi connectivity index (χ0v) is 11.9. The molecule has 1 aliphatic rings. The number of hydrogen-bond donors (Lipinski definition) is 1. The molecule has 0 saturated carbocycles. The quantitative estimate of drug-likeness (QED) is 0.839. The molecule has 1 atom stereocenters. The molecule has 0 bridgehead atoms. The van der Waals surface area contributed by atoms with Gasteiger partial charge in [-0.05, 0) is 44.7 Å². The highest BCUT2D eigenvalue weighted by Gasteiger charge is 2.22. The van der Waals surface area contributed by atoms with Crippen LogP contribution in [0.2, 0.25) is 0 Å². The number of anilines is 1. The van der Waals surface area contributed by atoms with E-state index in [1.807, 2.05) is 6.07 Å². The lowest BCUT2D eigenvalue weighted by Crippen LogP contribution is -2.39. The second-order valence-electron chi connectivity index (χ2n) is 5.39. The Bertz CT molecular complexity index is 454. The smallest absolute Gasteiger partial charge is 0.163 e. The van der Waals surface area contributed by atoms with E-state index < -0.39 is 0 Å². The third-order valence-corrected chi connectivity index (χ3v) is 3.94. The fourth-order valence-electron chi connectivity index (χ4n) is 2.97. The molecule has 1 heterocycles. The molecule has 1 aliphatic heterocycles. The van der Waals surface area contributed by atoms with Gasteiger partial charge in [0, 0.05) is 24.3 Å². The van der Waals surface area contributed by atoms with Crippen LogP contribution in [-0.4, -0.2) is 23.5 Å². The minimum absolute atomic E-state index is 0.0900. The fraction of sp³-hybridized carbons (Fsp3) is 0.562. The number of nitrogens with zero attached hydrogens (tertiary/aromatic N) is 1. The van der Waals surface area contributed by atoms with Crippen molar-refractivity contribution in [2.75, 3.05) is 11.4 Å². The van der Waals surface area contributed by atoms with E-state index in [9.17, 15) is 9.90 Å². The zero-order chi connectivity index (χ0) is 13.8. The van der Waals surface area contributed by atoms with Gasteiger partial charge in [-0.15, -0.1) is 0 Å². The van der Waals surface area contributed by atoms with Crippen molar-refractivity contribution >= 4 is 11.5 Å². The Kier molecular flexibility index (Phi) is 4.46. The molecule has 1 aromatic rings. The molecule has 104 valence electrons. The van der Waals surface area contributed by atoms with Crippen LogP contribution in [0, 0.1) is 0 Å². The van der Waals surface area contributed by atoms with Crippen LogP contribution in [0.15, 0.2) is 18.2 Å². The van der Waals surface area contributed by atoms with E-state index in [0.717, 1.165) is 12.2 Å². The van der Waals surface area contributed by atoms with Gasteiger partial charge < -0.3 is 10.0 Å². The summed E-state index contributed by atoms with van der Waals surface area (Å²) in [5.41, 5.74) is 1.45. The number of rotatable bonds is 4. The van der Waals surface area contributed by atoms with E-state index in [1.165, 1.54) is 39.0 Å². The molecule has 3 nitrogen and oxygen atoms in total. The van der Waals surface area contributed by atoms with Gasteiger partial charge in [-0.1, -0.05) is 13.3 Å². The predicted molar refractivity (Wildman–Crippen MR) is 78.0 cm³/mol. The Labute approximate surface area is 115 Å². The lowest BCUT2D eigenvalue weighted by atomic mass is 9.97. The largest absolute Gasteiger partial charge is 0.507 e. The van der Waals surface area contributed by atoms with Gasteiger partial charge in [0.15, 0.2) is 5.78 Å². The molecule has 2 rings (SSSR count). The zero-order valence-electron chi connectivity index (χ0n) is 11.9. The molecule has 0 amide bonds. The number of benzene rings is 1. The summed E-state index contributed by atoms with van der Waals surface area (Å²) in [5, 5.41) is 9.96. The van der Waals surface area contributed by atoms with Crippen molar-refractivity contribution in [1.29, 1.82) is 0 Å². The van der Waals surface area contributed by atoms with Gasteiger partial charge in [0.2, 0.25) is 0 Å². The summed E-state index contributed by atoms with van der Waals surface area (Å²) in [5.74, 6) is 0.0126. The number of carbonyl (C=O) groups excluding carboxylic acids is 1. The number of aromatic hydroxyl groups is 1. The first-order valence-electron chi connectivity index (χ1n) is 7.24. The summed E-state index contributed by atoms with van der Waals surface area (Å²) in [6, 6.07) is 6.01. The maximum atomic E-state index is 11.3. The number of ketones is 1. The molecule has 0 radical (unpaired) electrons. The van der Waals surface area contributed by atoms with Crippen LogP contribution in [0.1, 0.15) is 56.3 Å². The van der Waals surface area contributed by atoms with Crippen molar-refractivity contribution in [2.24, 2.45) is 0 Å². The summed E-state index contributed by atoms with van der Waals surface area (Å²) in [6.07, 6.45) is 6.09. The van der Waals surface area contributed by atoms with Crippen molar-refractivity contribution in [1.82, 2.24) is 0 Å². The molecule has 0 aromatic heterocycles. The van der Waals surface area contributed by atoms with Crippen LogP contribution in [-0.2, 0) is 0 Å². The van der Waals surface area contributed by atoms with Crippen LogP contribution < -0.4 is 4.90 Å². The van der Waals surface area contributed by atoms with Crippen LogP contribution in [0.5, 0.6) is 5.75 Å². The van der Waals surface area contributed by atoms with Gasteiger partial charge in [0.25, 0.3) is 0 Å². The first kappa shape index (κ1) is 13.9. The second kappa shape index (κ2) is 6.09. The Morgan fingerprint density at radius 2 is 2.21 bits per heavy atom.